The van der Waals surface area contributed by atoms with Gasteiger partial charge in [0.05, 0.1) is 0 Å². The standard InChI is InChI=1S/C18H29NO2/c1-7-8-13(2)19-17(20)14(3)21-16-11-9-15(10-12-16)18(4,5)6/h9-14H,7-8H2,1-6H3,(H,19,20)/t13-,14+/m1/s1. The zero-order chi connectivity index (χ0) is 16.0. The van der Waals surface area contributed by atoms with Crippen LogP contribution in [-0.4, -0.2) is 18.1 Å². The van der Waals surface area contributed by atoms with Crippen LogP contribution in [0.2, 0.25) is 0 Å². The topological polar surface area (TPSA) is 38.3 Å². The Balaban J connectivity index is 2.58. The maximum Gasteiger partial charge on any atom is 0.260 e. The SMILES string of the molecule is CCC[C@@H](C)NC(=O)[C@H](C)Oc1ccc(C(C)(C)C)cc1. The van der Waals surface area contributed by atoms with Crippen molar-refractivity contribution in [3.05, 3.63) is 29.8 Å². The van der Waals surface area contributed by atoms with Gasteiger partial charge >= 0.3 is 0 Å². The van der Waals surface area contributed by atoms with Crippen LogP contribution in [0.5, 0.6) is 5.75 Å². The van der Waals surface area contributed by atoms with Gasteiger partial charge in [-0.3, -0.25) is 4.79 Å². The maximum absolute atomic E-state index is 12.0. The molecule has 21 heavy (non-hydrogen) atoms. The molecule has 0 radical (unpaired) electrons. The van der Waals surface area contributed by atoms with Crippen LogP contribution in [0, 0.1) is 0 Å². The number of carbonyl (C=O) groups excluding carboxylic acids is 1. The molecule has 0 aliphatic heterocycles. The van der Waals surface area contributed by atoms with Gasteiger partial charge in [-0.15, -0.1) is 0 Å². The maximum atomic E-state index is 12.0. The van der Waals surface area contributed by atoms with E-state index in [0.29, 0.717) is 0 Å². The molecule has 0 bridgehead atoms. The molecule has 0 heterocycles. The first kappa shape index (κ1) is 17.5. The molecule has 1 aromatic rings. The van der Waals surface area contributed by atoms with E-state index in [1.54, 1.807) is 6.92 Å². The highest BCUT2D eigenvalue weighted by Crippen LogP contribution is 2.24. The average Bonchev–Trinajstić information content (AvgIpc) is 2.38. The van der Waals surface area contributed by atoms with Gasteiger partial charge < -0.3 is 10.1 Å². The predicted molar refractivity (Wildman–Crippen MR) is 87.7 cm³/mol. The van der Waals surface area contributed by atoms with Crippen LogP contribution in [0.3, 0.4) is 0 Å². The monoisotopic (exact) mass is 291 g/mol. The fourth-order valence-electron chi connectivity index (χ4n) is 2.16. The zero-order valence-electron chi connectivity index (χ0n) is 14.2. The van der Waals surface area contributed by atoms with E-state index in [-0.39, 0.29) is 17.4 Å². The molecule has 3 heteroatoms. The summed E-state index contributed by atoms with van der Waals surface area (Å²) in [6.45, 7) is 12.4. The molecule has 0 aliphatic carbocycles. The Kier molecular flexibility index (Phi) is 6.25. The lowest BCUT2D eigenvalue weighted by molar-refractivity contribution is -0.127. The Hall–Kier alpha value is -1.51. The Bertz CT molecular complexity index is 445. The van der Waals surface area contributed by atoms with Gasteiger partial charge in [0.1, 0.15) is 5.75 Å². The lowest BCUT2D eigenvalue weighted by atomic mass is 9.87. The summed E-state index contributed by atoms with van der Waals surface area (Å²) in [5, 5.41) is 2.97. The Morgan fingerprint density at radius 3 is 2.24 bits per heavy atom. The van der Waals surface area contributed by atoms with E-state index in [1.807, 2.05) is 19.1 Å². The summed E-state index contributed by atoms with van der Waals surface area (Å²) in [5.74, 6) is 0.671. The molecule has 0 saturated heterocycles. The minimum atomic E-state index is -0.482. The first-order valence-electron chi connectivity index (χ1n) is 7.81. The van der Waals surface area contributed by atoms with Gasteiger partial charge in [-0.05, 0) is 43.4 Å². The highest BCUT2D eigenvalue weighted by molar-refractivity contribution is 5.80. The van der Waals surface area contributed by atoms with Crippen molar-refractivity contribution in [2.75, 3.05) is 0 Å². The van der Waals surface area contributed by atoms with Crippen LogP contribution in [0.4, 0.5) is 0 Å². The number of rotatable bonds is 6. The zero-order valence-corrected chi connectivity index (χ0v) is 14.2. The third-order valence-electron chi connectivity index (χ3n) is 3.51. The number of nitrogens with one attached hydrogen (secondary N) is 1. The second-order valence-electron chi connectivity index (χ2n) is 6.73. The largest absolute Gasteiger partial charge is 0.481 e. The van der Waals surface area contributed by atoms with Gasteiger partial charge in [0, 0.05) is 6.04 Å². The van der Waals surface area contributed by atoms with Gasteiger partial charge in [-0.25, -0.2) is 0 Å². The molecular weight excluding hydrogens is 262 g/mol. The molecule has 1 amide bonds. The molecule has 2 atom stereocenters. The van der Waals surface area contributed by atoms with Crippen molar-refractivity contribution in [2.24, 2.45) is 0 Å². The van der Waals surface area contributed by atoms with Crippen molar-refractivity contribution in [3.8, 4) is 5.75 Å². The molecule has 0 aromatic heterocycles. The van der Waals surface area contributed by atoms with Crippen molar-refractivity contribution in [3.63, 3.8) is 0 Å². The Morgan fingerprint density at radius 2 is 1.76 bits per heavy atom. The molecule has 3 nitrogen and oxygen atoms in total. The van der Waals surface area contributed by atoms with Crippen LogP contribution in [0.15, 0.2) is 24.3 Å². The molecule has 118 valence electrons. The van der Waals surface area contributed by atoms with Crippen LogP contribution >= 0.6 is 0 Å². The van der Waals surface area contributed by atoms with Crippen molar-refractivity contribution < 1.29 is 9.53 Å². The Labute approximate surface area is 129 Å². The number of ether oxygens (including phenoxy) is 1. The van der Waals surface area contributed by atoms with E-state index in [9.17, 15) is 4.79 Å². The summed E-state index contributed by atoms with van der Waals surface area (Å²) >= 11 is 0. The highest BCUT2D eigenvalue weighted by Gasteiger charge is 2.17. The van der Waals surface area contributed by atoms with Gasteiger partial charge in [0.2, 0.25) is 0 Å². The van der Waals surface area contributed by atoms with Gasteiger partial charge in [-0.1, -0.05) is 46.2 Å². The number of hydrogen-bond acceptors (Lipinski definition) is 2. The van der Waals surface area contributed by atoms with Gasteiger partial charge in [0.25, 0.3) is 5.91 Å². The molecule has 1 N–H and O–H groups in total. The van der Waals surface area contributed by atoms with E-state index in [0.717, 1.165) is 18.6 Å². The van der Waals surface area contributed by atoms with Crippen LogP contribution in [0.25, 0.3) is 0 Å². The minimum absolute atomic E-state index is 0.0594. The van der Waals surface area contributed by atoms with Crippen LogP contribution in [-0.2, 0) is 10.2 Å². The van der Waals surface area contributed by atoms with Crippen molar-refractivity contribution >= 4 is 5.91 Å². The number of amides is 1. The molecular formula is C18H29NO2. The number of benzene rings is 1. The molecule has 0 aliphatic rings. The van der Waals surface area contributed by atoms with E-state index in [2.05, 4.69) is 45.1 Å². The lowest BCUT2D eigenvalue weighted by Crippen LogP contribution is -2.41. The molecule has 0 saturated carbocycles. The van der Waals surface area contributed by atoms with Crippen LogP contribution < -0.4 is 10.1 Å². The second kappa shape index (κ2) is 7.48. The normalized spacial score (nSPS) is 14.4. The summed E-state index contributed by atoms with van der Waals surface area (Å²) < 4.78 is 5.71. The number of hydrogen-bond donors (Lipinski definition) is 1. The Morgan fingerprint density at radius 1 is 1.19 bits per heavy atom. The lowest BCUT2D eigenvalue weighted by Gasteiger charge is -2.21. The first-order chi connectivity index (χ1) is 9.74. The smallest absolute Gasteiger partial charge is 0.260 e. The van der Waals surface area contributed by atoms with Gasteiger partial charge in [0.15, 0.2) is 6.10 Å². The second-order valence-corrected chi connectivity index (χ2v) is 6.73. The van der Waals surface area contributed by atoms with Crippen LogP contribution in [0.1, 0.15) is 59.9 Å². The van der Waals surface area contributed by atoms with E-state index in [1.165, 1.54) is 5.56 Å². The molecule has 0 fully saturated rings. The molecule has 0 unspecified atom stereocenters. The summed E-state index contributed by atoms with van der Waals surface area (Å²) in [4.78, 5) is 12.0. The number of carbonyl (C=O) groups is 1. The van der Waals surface area contributed by atoms with Crippen molar-refractivity contribution in [1.29, 1.82) is 0 Å². The summed E-state index contributed by atoms with van der Waals surface area (Å²) in [5.41, 5.74) is 1.38. The molecule has 1 aromatic carbocycles. The van der Waals surface area contributed by atoms with Crippen molar-refractivity contribution in [2.45, 2.75) is 71.9 Å². The van der Waals surface area contributed by atoms with E-state index < -0.39 is 6.10 Å². The summed E-state index contributed by atoms with van der Waals surface area (Å²) in [7, 11) is 0. The summed E-state index contributed by atoms with van der Waals surface area (Å²) in [6, 6.07) is 8.16. The third kappa shape index (κ3) is 5.78. The fourth-order valence-corrected chi connectivity index (χ4v) is 2.16. The fraction of sp³-hybridized carbons (Fsp3) is 0.611. The highest BCUT2D eigenvalue weighted by atomic mass is 16.5. The minimum Gasteiger partial charge on any atom is -0.481 e. The van der Waals surface area contributed by atoms with E-state index >= 15 is 0 Å². The molecule has 1 rings (SSSR count). The van der Waals surface area contributed by atoms with Gasteiger partial charge in [-0.2, -0.15) is 0 Å². The van der Waals surface area contributed by atoms with E-state index in [4.69, 9.17) is 4.74 Å². The molecule has 0 spiro atoms. The predicted octanol–water partition coefficient (Wildman–Crippen LogP) is 4.06. The average molecular weight is 291 g/mol. The first-order valence-corrected chi connectivity index (χ1v) is 7.81. The quantitative estimate of drug-likeness (QED) is 0.858. The van der Waals surface area contributed by atoms with Crippen molar-refractivity contribution in [1.82, 2.24) is 5.32 Å². The third-order valence-corrected chi connectivity index (χ3v) is 3.51. The summed E-state index contributed by atoms with van der Waals surface area (Å²) in [6.07, 6.45) is 1.56.